The second-order valence-electron chi connectivity index (χ2n) is 5.33. The number of rotatable bonds is 6. The fourth-order valence-corrected chi connectivity index (χ4v) is 4.71. The van der Waals surface area contributed by atoms with E-state index in [9.17, 15) is 0 Å². The van der Waals surface area contributed by atoms with E-state index in [1.807, 2.05) is 41.0 Å². The minimum atomic E-state index is 0.159. The zero-order valence-electron chi connectivity index (χ0n) is 13.1. The van der Waals surface area contributed by atoms with E-state index in [-0.39, 0.29) is 6.61 Å². The number of para-hydroxylation sites is 2. The average Bonchev–Trinajstić information content (AvgIpc) is 3.17. The number of anilines is 1. The molecule has 2 aromatic heterocycles. The highest BCUT2D eigenvalue weighted by atomic mass is 32.2. The van der Waals surface area contributed by atoms with Crippen LogP contribution in [0.2, 0.25) is 0 Å². The molecule has 4 rings (SSSR count). The molecular weight excluding hydrogens is 374 g/mol. The molecule has 2 heterocycles. The molecule has 0 atom stereocenters. The third kappa shape index (κ3) is 3.43. The lowest BCUT2D eigenvalue weighted by molar-refractivity contribution is 0.322. The summed E-state index contributed by atoms with van der Waals surface area (Å²) in [6.07, 6.45) is 0. The number of nitrogens with one attached hydrogen (secondary N) is 1. The van der Waals surface area contributed by atoms with Gasteiger partial charge in [-0.3, -0.25) is 4.57 Å². The summed E-state index contributed by atoms with van der Waals surface area (Å²) in [7, 11) is 0. The predicted octanol–water partition coefficient (Wildman–Crippen LogP) is 4.73. The molecule has 0 radical (unpaired) electrons. The molecule has 2 aromatic carbocycles. The molecule has 0 aliphatic rings. The van der Waals surface area contributed by atoms with Gasteiger partial charge in [0.2, 0.25) is 0 Å². The summed E-state index contributed by atoms with van der Waals surface area (Å²) < 4.78 is 9.63. The van der Waals surface area contributed by atoms with Crippen molar-refractivity contribution in [3.63, 3.8) is 0 Å². The Hall–Kier alpha value is -1.87. The molecule has 0 unspecified atom stereocenters. The third-order valence-electron chi connectivity index (χ3n) is 3.70. The maximum Gasteiger partial charge on any atom is 0.271 e. The van der Waals surface area contributed by atoms with Crippen LogP contribution in [0.25, 0.3) is 21.3 Å². The smallest absolute Gasteiger partial charge is 0.271 e. The van der Waals surface area contributed by atoms with Gasteiger partial charge in [-0.1, -0.05) is 23.9 Å². The quantitative estimate of drug-likeness (QED) is 0.367. The van der Waals surface area contributed by atoms with Crippen molar-refractivity contribution in [3.8, 4) is 0 Å². The van der Waals surface area contributed by atoms with Crippen LogP contribution in [0.3, 0.4) is 0 Å². The zero-order chi connectivity index (χ0) is 17.2. The molecule has 2 N–H and O–H groups in total. The number of nitrogens with zero attached hydrogens (tertiary/aromatic N) is 2. The second-order valence-corrected chi connectivity index (χ2v) is 8.05. The van der Waals surface area contributed by atoms with Crippen LogP contribution >= 0.6 is 35.3 Å². The van der Waals surface area contributed by atoms with E-state index < -0.39 is 0 Å². The molecule has 0 amide bonds. The van der Waals surface area contributed by atoms with Gasteiger partial charge in [-0.05, 0) is 42.5 Å². The van der Waals surface area contributed by atoms with Crippen molar-refractivity contribution in [1.82, 2.24) is 9.55 Å². The highest BCUT2D eigenvalue weighted by Gasteiger charge is 2.07. The molecule has 0 saturated carbocycles. The van der Waals surface area contributed by atoms with Crippen LogP contribution in [0.5, 0.6) is 0 Å². The van der Waals surface area contributed by atoms with E-state index >= 15 is 0 Å². The number of aliphatic hydroxyl groups excluding tert-OH is 1. The van der Waals surface area contributed by atoms with E-state index in [1.54, 1.807) is 23.1 Å². The fraction of sp³-hybridized carbons (Fsp3) is 0.176. The van der Waals surface area contributed by atoms with Gasteiger partial charge >= 0.3 is 0 Å². The maximum atomic E-state index is 8.93. The summed E-state index contributed by atoms with van der Waals surface area (Å²) >= 11 is 8.52. The number of aromatic nitrogens is 2. The Labute approximate surface area is 157 Å². The minimum absolute atomic E-state index is 0.159. The molecular formula is C17H15N3O2S3. The average molecular weight is 390 g/mol. The molecule has 8 heteroatoms. The number of thiazole rings is 1. The monoisotopic (exact) mass is 389 g/mol. The first-order valence-corrected chi connectivity index (χ1v) is 9.92. The van der Waals surface area contributed by atoms with E-state index in [2.05, 4.69) is 16.4 Å². The number of oxazole rings is 1. The molecule has 0 saturated heterocycles. The van der Waals surface area contributed by atoms with Gasteiger partial charge in [-0.2, -0.15) is 0 Å². The van der Waals surface area contributed by atoms with Gasteiger partial charge in [0.15, 0.2) is 9.92 Å². The number of benzene rings is 2. The van der Waals surface area contributed by atoms with Crippen LogP contribution in [0.15, 0.2) is 51.2 Å². The van der Waals surface area contributed by atoms with Crippen molar-refractivity contribution in [1.29, 1.82) is 0 Å². The number of hydrogen-bond donors (Lipinski definition) is 2. The molecule has 0 aliphatic heterocycles. The molecule has 0 spiro atoms. The summed E-state index contributed by atoms with van der Waals surface area (Å²) in [6, 6.07) is 13.9. The van der Waals surface area contributed by atoms with Gasteiger partial charge in [0.05, 0.1) is 29.0 Å². The summed E-state index contributed by atoms with van der Waals surface area (Å²) in [4.78, 5) is 5.02. The second kappa shape index (κ2) is 7.17. The molecule has 0 aliphatic carbocycles. The van der Waals surface area contributed by atoms with Crippen molar-refractivity contribution in [2.24, 2.45) is 0 Å². The Bertz CT molecular complexity index is 1080. The van der Waals surface area contributed by atoms with E-state index in [1.165, 1.54) is 0 Å². The van der Waals surface area contributed by atoms with E-state index in [0.29, 0.717) is 17.3 Å². The van der Waals surface area contributed by atoms with Crippen LogP contribution in [0, 0.1) is 4.84 Å². The number of hydrogen-bond acceptors (Lipinski definition) is 7. The van der Waals surface area contributed by atoms with Crippen molar-refractivity contribution >= 4 is 62.3 Å². The molecule has 25 heavy (non-hydrogen) atoms. The van der Waals surface area contributed by atoms with Crippen molar-refractivity contribution in [2.45, 2.75) is 11.0 Å². The summed E-state index contributed by atoms with van der Waals surface area (Å²) in [5, 5.41) is 12.3. The standard InChI is InChI=1S/C17H15N3O2S3/c21-7-8-24-16-19-12-6-5-11(9-15(12)25-16)18-10-20-13-3-1-2-4-14(13)22-17(20)23/h1-6,9,18,21H,7-8,10H2. The van der Waals surface area contributed by atoms with Gasteiger partial charge in [0.25, 0.3) is 4.84 Å². The Morgan fingerprint density at radius 3 is 3.04 bits per heavy atom. The largest absolute Gasteiger partial charge is 0.429 e. The first-order chi connectivity index (χ1) is 12.2. The van der Waals surface area contributed by atoms with Crippen molar-refractivity contribution < 1.29 is 9.52 Å². The zero-order valence-corrected chi connectivity index (χ0v) is 15.6. The third-order valence-corrected chi connectivity index (χ3v) is 6.15. The number of thioether (sulfide) groups is 1. The summed E-state index contributed by atoms with van der Waals surface area (Å²) in [5.74, 6) is 0.663. The topological polar surface area (TPSA) is 63.2 Å². The summed E-state index contributed by atoms with van der Waals surface area (Å²) in [6.45, 7) is 0.693. The van der Waals surface area contributed by atoms with Crippen LogP contribution in [0.1, 0.15) is 0 Å². The van der Waals surface area contributed by atoms with Gasteiger partial charge in [-0.25, -0.2) is 4.98 Å². The van der Waals surface area contributed by atoms with E-state index in [0.717, 1.165) is 31.3 Å². The lowest BCUT2D eigenvalue weighted by Crippen LogP contribution is -2.07. The Morgan fingerprint density at radius 2 is 2.16 bits per heavy atom. The fourth-order valence-electron chi connectivity index (χ4n) is 2.54. The normalized spacial score (nSPS) is 11.4. The lowest BCUT2D eigenvalue weighted by Gasteiger charge is -2.07. The molecule has 0 bridgehead atoms. The van der Waals surface area contributed by atoms with E-state index in [4.69, 9.17) is 21.7 Å². The van der Waals surface area contributed by atoms with Gasteiger partial charge < -0.3 is 14.8 Å². The Morgan fingerprint density at radius 1 is 1.28 bits per heavy atom. The first-order valence-electron chi connectivity index (χ1n) is 7.71. The Kier molecular flexibility index (Phi) is 4.76. The molecule has 128 valence electrons. The molecule has 5 nitrogen and oxygen atoms in total. The number of aliphatic hydroxyl groups is 1. The predicted molar refractivity (Wildman–Crippen MR) is 106 cm³/mol. The van der Waals surface area contributed by atoms with Gasteiger partial charge in [0.1, 0.15) is 0 Å². The lowest BCUT2D eigenvalue weighted by atomic mass is 10.3. The van der Waals surface area contributed by atoms with Gasteiger partial charge in [0, 0.05) is 11.4 Å². The minimum Gasteiger partial charge on any atom is -0.429 e. The highest BCUT2D eigenvalue weighted by Crippen LogP contribution is 2.31. The Balaban J connectivity index is 1.56. The van der Waals surface area contributed by atoms with Crippen LogP contribution in [-0.2, 0) is 6.67 Å². The summed E-state index contributed by atoms with van der Waals surface area (Å²) in [5.41, 5.74) is 3.74. The molecule has 0 fully saturated rings. The first kappa shape index (κ1) is 16.6. The van der Waals surface area contributed by atoms with Crippen LogP contribution in [-0.4, -0.2) is 27.0 Å². The maximum absolute atomic E-state index is 8.93. The van der Waals surface area contributed by atoms with Crippen LogP contribution in [0.4, 0.5) is 5.69 Å². The van der Waals surface area contributed by atoms with Crippen molar-refractivity contribution in [2.75, 3.05) is 17.7 Å². The number of fused-ring (bicyclic) bond motifs is 2. The van der Waals surface area contributed by atoms with Gasteiger partial charge in [-0.15, -0.1) is 11.3 Å². The molecule has 4 aromatic rings. The highest BCUT2D eigenvalue weighted by molar-refractivity contribution is 8.01. The van der Waals surface area contributed by atoms with Crippen LogP contribution < -0.4 is 5.32 Å². The SMILES string of the molecule is OCCSc1nc2ccc(NCn3c(=S)oc4ccccc43)cc2s1. The van der Waals surface area contributed by atoms with Crippen molar-refractivity contribution in [3.05, 3.63) is 47.3 Å².